The lowest BCUT2D eigenvalue weighted by Crippen LogP contribution is -2.36. The number of benzene rings is 1. The molecule has 0 aliphatic heterocycles. The fourth-order valence-electron chi connectivity index (χ4n) is 1.98. The summed E-state index contributed by atoms with van der Waals surface area (Å²) in [4.78, 5) is 15.0. The van der Waals surface area contributed by atoms with Crippen molar-refractivity contribution in [2.45, 2.75) is 26.1 Å². The third kappa shape index (κ3) is 7.87. The van der Waals surface area contributed by atoms with Crippen LogP contribution in [0.25, 0.3) is 17.3 Å². The monoisotopic (exact) mass is 409 g/mol. The van der Waals surface area contributed by atoms with Crippen LogP contribution < -0.4 is 11.1 Å². The molecule has 0 saturated carbocycles. The van der Waals surface area contributed by atoms with Gasteiger partial charge in [-0.1, -0.05) is 18.2 Å². The predicted octanol–water partition coefficient (Wildman–Crippen LogP) is 4.49. The van der Waals surface area contributed by atoms with Crippen LogP contribution in [0.15, 0.2) is 59.9 Å². The van der Waals surface area contributed by atoms with Gasteiger partial charge < -0.3 is 11.1 Å². The zero-order valence-corrected chi connectivity index (χ0v) is 16.3. The Balaban J connectivity index is 0.000000447. The molecular weight excluding hydrogens is 386 g/mol. The molecule has 3 N–H and O–H groups in total. The summed E-state index contributed by atoms with van der Waals surface area (Å²) >= 11 is 0. The molecule has 156 valence electrons. The van der Waals surface area contributed by atoms with Gasteiger partial charge in [-0.2, -0.15) is 13.2 Å². The highest BCUT2D eigenvalue weighted by molar-refractivity contribution is 5.81. The highest BCUT2D eigenvalue weighted by Gasteiger charge is 2.34. The number of alkyl halides is 3. The molecule has 0 fully saturated rings. The van der Waals surface area contributed by atoms with Crippen LogP contribution in [0.2, 0.25) is 0 Å². The zero-order chi connectivity index (χ0) is 22.0. The van der Waals surface area contributed by atoms with Gasteiger partial charge in [0.2, 0.25) is 0 Å². The van der Waals surface area contributed by atoms with Crippen LogP contribution in [0.3, 0.4) is 0 Å². The summed E-state index contributed by atoms with van der Waals surface area (Å²) < 4.78 is 47.9. The Morgan fingerprint density at radius 3 is 2.38 bits per heavy atom. The maximum absolute atomic E-state index is 13.8. The molecule has 1 unspecified atom stereocenters. The van der Waals surface area contributed by atoms with Crippen molar-refractivity contribution in [2.24, 2.45) is 5.73 Å². The van der Waals surface area contributed by atoms with Crippen LogP contribution in [0.4, 0.5) is 17.6 Å². The zero-order valence-electron chi connectivity index (χ0n) is 16.3. The van der Waals surface area contributed by atoms with Gasteiger partial charge in [-0.05, 0) is 56.8 Å². The molecule has 0 saturated heterocycles. The third-order valence-corrected chi connectivity index (χ3v) is 3.90. The average molecular weight is 409 g/mol. The summed E-state index contributed by atoms with van der Waals surface area (Å²) in [5.41, 5.74) is 8.24. The van der Waals surface area contributed by atoms with E-state index in [4.69, 9.17) is 5.73 Å². The first-order valence-electron chi connectivity index (χ1n) is 8.64. The van der Waals surface area contributed by atoms with E-state index < -0.39 is 12.2 Å². The number of nitrogens with one attached hydrogen (secondary N) is 1. The summed E-state index contributed by atoms with van der Waals surface area (Å²) in [6, 6.07) is 8.58. The molecule has 0 spiro atoms. The molecule has 2 rings (SSSR count). The molecule has 1 aromatic heterocycles. The van der Waals surface area contributed by atoms with E-state index >= 15 is 0 Å². The van der Waals surface area contributed by atoms with Gasteiger partial charge in [0, 0.05) is 23.0 Å². The second-order valence-corrected chi connectivity index (χ2v) is 6.10. The number of pyridine rings is 1. The van der Waals surface area contributed by atoms with Crippen molar-refractivity contribution in [1.82, 2.24) is 10.3 Å². The maximum Gasteiger partial charge on any atom is 0.403 e. The Hall–Kier alpha value is -3.00. The van der Waals surface area contributed by atoms with Gasteiger partial charge in [-0.3, -0.25) is 9.78 Å². The minimum atomic E-state index is -4.10. The van der Waals surface area contributed by atoms with Crippen LogP contribution >= 0.6 is 0 Å². The molecule has 8 heteroatoms. The number of aromatic nitrogens is 1. The van der Waals surface area contributed by atoms with Crippen LogP contribution in [0.1, 0.15) is 19.4 Å². The first-order valence-corrected chi connectivity index (χ1v) is 8.64. The number of nitrogens with zero attached hydrogens (tertiary/aromatic N) is 1. The molecule has 1 heterocycles. The number of hydrogen-bond acceptors (Lipinski definition) is 4. The van der Waals surface area contributed by atoms with Gasteiger partial charge in [0.05, 0.1) is 5.69 Å². The summed E-state index contributed by atoms with van der Waals surface area (Å²) in [7, 11) is 1.28. The lowest BCUT2D eigenvalue weighted by Gasteiger charge is -2.13. The molecule has 0 bridgehead atoms. The predicted molar refractivity (Wildman–Crippen MR) is 106 cm³/mol. The largest absolute Gasteiger partial charge is 0.403 e. The number of halogens is 4. The fourth-order valence-corrected chi connectivity index (χ4v) is 1.98. The van der Waals surface area contributed by atoms with Gasteiger partial charge in [0.1, 0.15) is 11.9 Å². The van der Waals surface area contributed by atoms with Gasteiger partial charge in [-0.25, -0.2) is 4.39 Å². The van der Waals surface area contributed by atoms with Crippen LogP contribution in [-0.2, 0) is 4.79 Å². The molecule has 29 heavy (non-hydrogen) atoms. The second-order valence-electron chi connectivity index (χ2n) is 6.10. The van der Waals surface area contributed by atoms with E-state index in [0.717, 1.165) is 12.5 Å². The third-order valence-electron chi connectivity index (χ3n) is 3.90. The number of carbonyl (C=O) groups is 1. The summed E-state index contributed by atoms with van der Waals surface area (Å²) in [5, 5.41) is 2.08. The number of allylic oxidation sites excluding steroid dienone is 3. The Bertz CT molecular complexity index is 872. The van der Waals surface area contributed by atoms with Gasteiger partial charge in [-0.15, -0.1) is 0 Å². The van der Waals surface area contributed by atoms with E-state index in [1.165, 1.54) is 13.1 Å². The van der Waals surface area contributed by atoms with Gasteiger partial charge in [0.15, 0.2) is 6.29 Å². The molecule has 1 aromatic carbocycles. The van der Waals surface area contributed by atoms with Crippen LogP contribution in [-0.4, -0.2) is 30.5 Å². The fraction of sp³-hybridized carbons (Fsp3) is 0.238. The van der Waals surface area contributed by atoms with Gasteiger partial charge in [0.25, 0.3) is 0 Å². The molecule has 0 aliphatic carbocycles. The molecule has 0 aliphatic rings. The summed E-state index contributed by atoms with van der Waals surface area (Å²) in [5.74, 6) is -0.322. The number of carbonyl (C=O) groups excluding carboxylic acids is 1. The first kappa shape index (κ1) is 24.0. The SMILES string of the molecule is C/C(N)=C(C=O)/C=C/c1ccnc(-c2ccccc2F)c1.CNC(C)C(F)(F)F. The molecule has 4 nitrogen and oxygen atoms in total. The number of rotatable bonds is 5. The van der Waals surface area contributed by atoms with Crippen molar-refractivity contribution < 1.29 is 22.4 Å². The summed E-state index contributed by atoms with van der Waals surface area (Å²) in [6.45, 7) is 2.73. The van der Waals surface area contributed by atoms with E-state index in [-0.39, 0.29) is 5.82 Å². The van der Waals surface area contributed by atoms with E-state index in [0.29, 0.717) is 28.8 Å². The van der Waals surface area contributed by atoms with Crippen molar-refractivity contribution in [2.75, 3.05) is 7.05 Å². The lowest BCUT2D eigenvalue weighted by atomic mass is 10.1. The average Bonchev–Trinajstić information content (AvgIpc) is 2.68. The topological polar surface area (TPSA) is 68.0 Å². The lowest BCUT2D eigenvalue weighted by molar-refractivity contribution is -0.150. The Morgan fingerprint density at radius 2 is 1.90 bits per heavy atom. The first-order chi connectivity index (χ1) is 13.6. The van der Waals surface area contributed by atoms with Gasteiger partial charge >= 0.3 is 6.18 Å². The van der Waals surface area contributed by atoms with E-state index in [9.17, 15) is 22.4 Å². The van der Waals surface area contributed by atoms with Crippen LogP contribution in [0, 0.1) is 5.82 Å². The highest BCUT2D eigenvalue weighted by Crippen LogP contribution is 2.21. The Kier molecular flexibility index (Phi) is 9.21. The standard InChI is InChI=1S/C17H15FN2O.C4H8F3N/c1-12(19)14(11-21)7-6-13-8-9-20-17(10-13)15-4-2-3-5-16(15)18;1-3(8-2)4(5,6)7/h2-11H,19H2,1H3;3,8H,1-2H3/b7-6+,14-12+;. The van der Waals surface area contributed by atoms with E-state index in [2.05, 4.69) is 10.3 Å². The van der Waals surface area contributed by atoms with Crippen molar-refractivity contribution >= 4 is 12.4 Å². The maximum atomic E-state index is 13.8. The van der Waals surface area contributed by atoms with Crippen molar-refractivity contribution in [3.8, 4) is 11.3 Å². The van der Waals surface area contributed by atoms with Crippen LogP contribution in [0.5, 0.6) is 0 Å². The minimum Gasteiger partial charge on any atom is -0.402 e. The number of hydrogen-bond donors (Lipinski definition) is 2. The molecule has 0 amide bonds. The normalized spacial score (nSPS) is 13.3. The van der Waals surface area contributed by atoms with Crippen molar-refractivity contribution in [3.63, 3.8) is 0 Å². The van der Waals surface area contributed by atoms with E-state index in [1.54, 1.807) is 55.6 Å². The van der Waals surface area contributed by atoms with Crippen molar-refractivity contribution in [1.29, 1.82) is 0 Å². The van der Waals surface area contributed by atoms with E-state index in [1.807, 2.05) is 0 Å². The molecule has 0 radical (unpaired) electrons. The second kappa shape index (κ2) is 11.1. The minimum absolute atomic E-state index is 0.322. The Morgan fingerprint density at radius 1 is 1.24 bits per heavy atom. The van der Waals surface area contributed by atoms with Crippen molar-refractivity contribution in [3.05, 3.63) is 71.3 Å². The summed E-state index contributed by atoms with van der Waals surface area (Å²) in [6.07, 6.45) is 1.56. The number of nitrogens with two attached hydrogens (primary N) is 1. The quantitative estimate of drug-likeness (QED) is 0.331. The number of aldehydes is 1. The molecule has 2 aromatic rings. The molecular formula is C21H23F4N3O. The highest BCUT2D eigenvalue weighted by atomic mass is 19.4. The Labute approximate surface area is 167 Å². The molecule has 1 atom stereocenters. The smallest absolute Gasteiger partial charge is 0.402 e.